The van der Waals surface area contributed by atoms with E-state index in [1.54, 1.807) is 6.07 Å². The number of halogens is 1. The van der Waals surface area contributed by atoms with E-state index in [9.17, 15) is 4.39 Å². The summed E-state index contributed by atoms with van der Waals surface area (Å²) in [5.74, 6) is 0.960. The smallest absolute Gasteiger partial charge is 0.139 e. The molecule has 0 bridgehead atoms. The van der Waals surface area contributed by atoms with Gasteiger partial charge >= 0.3 is 0 Å². The van der Waals surface area contributed by atoms with Crippen LogP contribution in [-0.4, -0.2) is 9.97 Å². The number of hydrogen-bond donors (Lipinski definition) is 1. The number of hydrogen-bond acceptors (Lipinski definition) is 2. The molecule has 3 rings (SSSR count). The predicted molar refractivity (Wildman–Crippen MR) is 80.8 cm³/mol. The second kappa shape index (κ2) is 5.44. The Morgan fingerprint density at radius 1 is 1.25 bits per heavy atom. The van der Waals surface area contributed by atoms with E-state index in [4.69, 9.17) is 12.2 Å². The van der Waals surface area contributed by atoms with E-state index >= 15 is 0 Å². The number of aryl methyl sites for hydroxylation is 1. The molecule has 0 radical (unpaired) electrons. The van der Waals surface area contributed by atoms with Crippen molar-refractivity contribution >= 4 is 12.2 Å². The van der Waals surface area contributed by atoms with E-state index in [1.165, 1.54) is 37.8 Å². The van der Waals surface area contributed by atoms with E-state index in [0.717, 1.165) is 16.8 Å². The highest BCUT2D eigenvalue weighted by molar-refractivity contribution is 7.71. The zero-order valence-corrected chi connectivity index (χ0v) is 12.3. The molecule has 4 heteroatoms. The van der Waals surface area contributed by atoms with Crippen LogP contribution in [0, 0.1) is 17.4 Å². The fourth-order valence-electron chi connectivity index (χ4n) is 2.91. The van der Waals surface area contributed by atoms with Gasteiger partial charge in [-0.25, -0.2) is 9.37 Å². The number of nitrogens with zero attached hydrogens (tertiary/aromatic N) is 1. The molecule has 1 heterocycles. The molecule has 0 aliphatic heterocycles. The summed E-state index contributed by atoms with van der Waals surface area (Å²) in [6.07, 6.45) is 4.91. The van der Waals surface area contributed by atoms with Crippen molar-refractivity contribution in [3.8, 4) is 11.4 Å². The van der Waals surface area contributed by atoms with E-state index in [-0.39, 0.29) is 5.82 Å². The lowest BCUT2D eigenvalue weighted by Crippen LogP contribution is -2.01. The molecule has 1 aromatic carbocycles. The lowest BCUT2D eigenvalue weighted by molar-refractivity contribution is 0.627. The van der Waals surface area contributed by atoms with Crippen LogP contribution in [-0.2, 0) is 0 Å². The molecule has 0 amide bonds. The lowest BCUT2D eigenvalue weighted by Gasteiger charge is -2.12. The molecular weight excluding hydrogens is 271 g/mol. The molecule has 2 aromatic rings. The Morgan fingerprint density at radius 2 is 2.00 bits per heavy atom. The summed E-state index contributed by atoms with van der Waals surface area (Å²) in [7, 11) is 0. The molecule has 0 unspecified atom stereocenters. The van der Waals surface area contributed by atoms with Crippen LogP contribution < -0.4 is 0 Å². The molecule has 1 aliphatic carbocycles. The Morgan fingerprint density at radius 3 is 2.75 bits per heavy atom. The molecule has 104 valence electrons. The molecular formula is C16H17FN2S. The third-order valence-corrected chi connectivity index (χ3v) is 4.22. The molecule has 1 N–H and O–H groups in total. The van der Waals surface area contributed by atoms with Crippen LogP contribution in [0.15, 0.2) is 24.3 Å². The predicted octanol–water partition coefficient (Wildman–Crippen LogP) is 4.91. The summed E-state index contributed by atoms with van der Waals surface area (Å²) in [5, 5.41) is 0. The highest BCUT2D eigenvalue weighted by atomic mass is 32.1. The molecule has 1 aromatic heterocycles. The Hall–Kier alpha value is -1.55. The Bertz CT molecular complexity index is 687. The largest absolute Gasteiger partial charge is 0.343 e. The Kier molecular flexibility index (Phi) is 3.66. The minimum Gasteiger partial charge on any atom is -0.343 e. The molecule has 0 spiro atoms. The number of H-pyrrole nitrogens is 1. The van der Waals surface area contributed by atoms with Crippen LogP contribution in [0.25, 0.3) is 11.4 Å². The summed E-state index contributed by atoms with van der Waals surface area (Å²) in [4.78, 5) is 7.74. The van der Waals surface area contributed by atoms with Crippen LogP contribution in [0.4, 0.5) is 4.39 Å². The van der Waals surface area contributed by atoms with Crippen molar-refractivity contribution < 1.29 is 4.39 Å². The second-order valence-corrected chi connectivity index (χ2v) is 5.88. The standard InChI is InChI=1S/C16H17FN2S/c1-10-6-7-12(17)8-13(10)16-18-14(9-15(20)19-16)11-4-2-3-5-11/h6-9,11H,2-5H2,1H3,(H,18,19,20). The van der Waals surface area contributed by atoms with Crippen molar-refractivity contribution in [3.63, 3.8) is 0 Å². The summed E-state index contributed by atoms with van der Waals surface area (Å²) >= 11 is 5.27. The van der Waals surface area contributed by atoms with Gasteiger partial charge in [0.05, 0.1) is 0 Å². The Balaban J connectivity index is 2.09. The summed E-state index contributed by atoms with van der Waals surface area (Å²) in [6.45, 7) is 1.95. The van der Waals surface area contributed by atoms with Gasteiger partial charge in [-0.15, -0.1) is 0 Å². The number of nitrogens with one attached hydrogen (secondary N) is 1. The molecule has 1 aliphatic rings. The fraction of sp³-hybridized carbons (Fsp3) is 0.375. The third-order valence-electron chi connectivity index (χ3n) is 4.01. The number of rotatable bonds is 2. The van der Waals surface area contributed by atoms with Gasteiger partial charge in [-0.1, -0.05) is 31.1 Å². The maximum absolute atomic E-state index is 13.5. The fourth-order valence-corrected chi connectivity index (χ4v) is 3.13. The van der Waals surface area contributed by atoms with Crippen LogP contribution in [0.1, 0.15) is 42.9 Å². The van der Waals surface area contributed by atoms with E-state index in [0.29, 0.717) is 16.4 Å². The van der Waals surface area contributed by atoms with Gasteiger partial charge in [0.2, 0.25) is 0 Å². The first kappa shape index (κ1) is 13.4. The maximum atomic E-state index is 13.5. The van der Waals surface area contributed by atoms with Gasteiger partial charge in [0.15, 0.2) is 0 Å². The van der Waals surface area contributed by atoms with E-state index < -0.39 is 0 Å². The highest BCUT2D eigenvalue weighted by Crippen LogP contribution is 2.34. The van der Waals surface area contributed by atoms with Gasteiger partial charge in [0, 0.05) is 11.3 Å². The number of benzene rings is 1. The van der Waals surface area contributed by atoms with Crippen LogP contribution in [0.3, 0.4) is 0 Å². The van der Waals surface area contributed by atoms with Gasteiger partial charge in [0.25, 0.3) is 0 Å². The molecule has 20 heavy (non-hydrogen) atoms. The van der Waals surface area contributed by atoms with Crippen molar-refractivity contribution in [2.45, 2.75) is 38.5 Å². The van der Waals surface area contributed by atoms with E-state index in [1.807, 2.05) is 13.0 Å². The first-order chi connectivity index (χ1) is 9.63. The van der Waals surface area contributed by atoms with Crippen LogP contribution in [0.2, 0.25) is 0 Å². The lowest BCUT2D eigenvalue weighted by atomic mass is 10.0. The molecule has 1 saturated carbocycles. The normalized spacial score (nSPS) is 15.7. The first-order valence-electron chi connectivity index (χ1n) is 7.01. The van der Waals surface area contributed by atoms with Crippen molar-refractivity contribution in [2.24, 2.45) is 0 Å². The van der Waals surface area contributed by atoms with E-state index in [2.05, 4.69) is 9.97 Å². The van der Waals surface area contributed by atoms with Crippen molar-refractivity contribution in [1.82, 2.24) is 9.97 Å². The summed E-state index contributed by atoms with van der Waals surface area (Å²) < 4.78 is 14.0. The average molecular weight is 288 g/mol. The van der Waals surface area contributed by atoms with Crippen molar-refractivity contribution in [2.75, 3.05) is 0 Å². The zero-order chi connectivity index (χ0) is 14.1. The number of aromatic amines is 1. The minimum atomic E-state index is -0.252. The topological polar surface area (TPSA) is 28.7 Å². The maximum Gasteiger partial charge on any atom is 0.139 e. The summed E-state index contributed by atoms with van der Waals surface area (Å²) in [6, 6.07) is 6.70. The minimum absolute atomic E-state index is 0.252. The van der Waals surface area contributed by atoms with Crippen LogP contribution in [0.5, 0.6) is 0 Å². The highest BCUT2D eigenvalue weighted by Gasteiger charge is 2.19. The van der Waals surface area contributed by atoms with Gasteiger partial charge in [-0.3, -0.25) is 0 Å². The average Bonchev–Trinajstić information content (AvgIpc) is 2.95. The van der Waals surface area contributed by atoms with Gasteiger partial charge in [-0.05, 0) is 49.4 Å². The molecule has 0 saturated heterocycles. The third kappa shape index (κ3) is 2.66. The monoisotopic (exact) mass is 288 g/mol. The van der Waals surface area contributed by atoms with Crippen molar-refractivity contribution in [3.05, 3.63) is 46.0 Å². The second-order valence-electron chi connectivity index (χ2n) is 5.46. The van der Waals surface area contributed by atoms with Gasteiger partial charge < -0.3 is 4.98 Å². The van der Waals surface area contributed by atoms with Crippen LogP contribution >= 0.6 is 12.2 Å². The SMILES string of the molecule is Cc1ccc(F)cc1-c1nc(=S)cc(C2CCCC2)[nH]1. The quantitative estimate of drug-likeness (QED) is 0.795. The van der Waals surface area contributed by atoms with Gasteiger partial charge in [0.1, 0.15) is 16.3 Å². The first-order valence-corrected chi connectivity index (χ1v) is 7.42. The van der Waals surface area contributed by atoms with Crippen molar-refractivity contribution in [1.29, 1.82) is 0 Å². The Labute approximate surface area is 123 Å². The molecule has 2 nitrogen and oxygen atoms in total. The van der Waals surface area contributed by atoms with Gasteiger partial charge in [-0.2, -0.15) is 0 Å². The molecule has 0 atom stereocenters. The zero-order valence-electron chi connectivity index (χ0n) is 11.4. The molecule has 1 fully saturated rings. The number of aromatic nitrogens is 2. The summed E-state index contributed by atoms with van der Waals surface area (Å²) in [5.41, 5.74) is 2.92.